The van der Waals surface area contributed by atoms with Crippen LogP contribution in [0.15, 0.2) is 150 Å². The second-order valence-corrected chi connectivity index (χ2v) is 11.0. The zero-order valence-electron chi connectivity index (χ0n) is 23.2. The van der Waals surface area contributed by atoms with Gasteiger partial charge in [-0.3, -0.25) is 0 Å². The first-order chi connectivity index (χ1) is 21.3. The number of benzene rings is 7. The Labute approximate surface area is 247 Å². The van der Waals surface area contributed by atoms with E-state index in [1.807, 2.05) is 24.3 Å². The molecule has 0 fully saturated rings. The van der Waals surface area contributed by atoms with E-state index >= 15 is 0 Å². The van der Waals surface area contributed by atoms with E-state index < -0.39 is 0 Å². The fraction of sp³-hybridized carbons (Fsp3) is 0. The lowest BCUT2D eigenvalue weighted by Gasteiger charge is -2.16. The van der Waals surface area contributed by atoms with Crippen LogP contribution in [-0.4, -0.2) is 9.97 Å². The van der Waals surface area contributed by atoms with Crippen LogP contribution in [0.4, 0.5) is 0 Å². The Kier molecular flexibility index (Phi) is 5.20. The molecule has 3 heteroatoms. The maximum Gasteiger partial charge on any atom is 0.227 e. The van der Waals surface area contributed by atoms with Crippen molar-refractivity contribution in [2.45, 2.75) is 0 Å². The predicted molar refractivity (Wildman–Crippen MR) is 178 cm³/mol. The van der Waals surface area contributed by atoms with Gasteiger partial charge in [-0.25, -0.2) is 9.97 Å². The molecule has 2 aromatic heterocycles. The van der Waals surface area contributed by atoms with Gasteiger partial charge in [-0.15, -0.1) is 0 Å². The average Bonchev–Trinajstić information content (AvgIpc) is 3.52. The van der Waals surface area contributed by atoms with Gasteiger partial charge in [0.05, 0.1) is 11.2 Å². The van der Waals surface area contributed by atoms with Crippen molar-refractivity contribution in [1.29, 1.82) is 0 Å². The molecule has 0 aliphatic rings. The summed E-state index contributed by atoms with van der Waals surface area (Å²) in [6, 6.07) is 51.0. The zero-order valence-corrected chi connectivity index (χ0v) is 23.2. The highest BCUT2D eigenvalue weighted by Crippen LogP contribution is 2.42. The summed E-state index contributed by atoms with van der Waals surface area (Å²) in [5.41, 5.74) is 8.02. The third kappa shape index (κ3) is 3.75. The molecule has 9 rings (SSSR count). The van der Waals surface area contributed by atoms with Crippen molar-refractivity contribution in [3.63, 3.8) is 0 Å². The lowest BCUT2D eigenvalue weighted by atomic mass is 9.89. The first kappa shape index (κ1) is 23.9. The molecule has 0 aliphatic carbocycles. The van der Waals surface area contributed by atoms with Crippen LogP contribution in [0.2, 0.25) is 0 Å². The van der Waals surface area contributed by atoms with E-state index in [-0.39, 0.29) is 0 Å². The predicted octanol–water partition coefficient (Wildman–Crippen LogP) is 10.8. The topological polar surface area (TPSA) is 38.9 Å². The maximum absolute atomic E-state index is 5.97. The normalized spacial score (nSPS) is 11.7. The summed E-state index contributed by atoms with van der Waals surface area (Å²) in [5.74, 6) is 0.636. The summed E-state index contributed by atoms with van der Waals surface area (Å²) in [6.45, 7) is 0. The summed E-state index contributed by atoms with van der Waals surface area (Å²) >= 11 is 0. The SMILES string of the molecule is c1ccc2oc(-c3ccc(-c4ccc(-c5nc6ccccc6c6c7ccccc7c7ccccc7c56)cc4)cc3)nc2c1. The Morgan fingerprint density at radius 1 is 0.349 bits per heavy atom. The Morgan fingerprint density at radius 3 is 1.49 bits per heavy atom. The van der Waals surface area contributed by atoms with E-state index in [9.17, 15) is 0 Å². The second-order valence-electron chi connectivity index (χ2n) is 11.0. The molecule has 0 spiro atoms. The summed E-state index contributed by atoms with van der Waals surface area (Å²) in [7, 11) is 0. The molecule has 0 aliphatic heterocycles. The van der Waals surface area contributed by atoms with E-state index in [4.69, 9.17) is 9.40 Å². The van der Waals surface area contributed by atoms with Crippen LogP contribution in [0, 0.1) is 0 Å². The molecular weight excluding hydrogens is 524 g/mol. The van der Waals surface area contributed by atoms with Crippen LogP contribution >= 0.6 is 0 Å². The number of oxazole rings is 1. The molecule has 3 nitrogen and oxygen atoms in total. The molecule has 0 amide bonds. The number of nitrogens with zero attached hydrogens (tertiary/aromatic N) is 2. The van der Waals surface area contributed by atoms with Crippen LogP contribution in [0.25, 0.3) is 88.2 Å². The van der Waals surface area contributed by atoms with Crippen molar-refractivity contribution < 1.29 is 4.42 Å². The van der Waals surface area contributed by atoms with Gasteiger partial charge in [-0.1, -0.05) is 115 Å². The average molecular weight is 549 g/mol. The van der Waals surface area contributed by atoms with E-state index in [0.717, 1.165) is 44.6 Å². The van der Waals surface area contributed by atoms with Crippen molar-refractivity contribution in [3.05, 3.63) is 146 Å². The first-order valence-corrected chi connectivity index (χ1v) is 14.5. The molecule has 43 heavy (non-hydrogen) atoms. The van der Waals surface area contributed by atoms with Gasteiger partial charge in [0.2, 0.25) is 5.89 Å². The molecule has 200 valence electrons. The Hall–Kier alpha value is -5.80. The van der Waals surface area contributed by atoms with Crippen LogP contribution in [0.3, 0.4) is 0 Å². The summed E-state index contributed by atoms with van der Waals surface area (Å²) in [5, 5.41) is 8.63. The van der Waals surface area contributed by atoms with Gasteiger partial charge in [-0.2, -0.15) is 0 Å². The fourth-order valence-corrected chi connectivity index (χ4v) is 6.46. The van der Waals surface area contributed by atoms with E-state index in [0.29, 0.717) is 5.89 Å². The van der Waals surface area contributed by atoms with Crippen molar-refractivity contribution in [3.8, 4) is 33.8 Å². The molecule has 2 heterocycles. The molecule has 0 atom stereocenters. The van der Waals surface area contributed by atoms with Gasteiger partial charge >= 0.3 is 0 Å². The van der Waals surface area contributed by atoms with Gasteiger partial charge in [0, 0.05) is 27.3 Å². The minimum Gasteiger partial charge on any atom is -0.436 e. The third-order valence-electron chi connectivity index (χ3n) is 8.49. The highest BCUT2D eigenvalue weighted by Gasteiger charge is 2.17. The molecule has 9 aromatic rings. The Balaban J connectivity index is 1.19. The minimum absolute atomic E-state index is 0.636. The minimum atomic E-state index is 0.636. The van der Waals surface area contributed by atoms with Gasteiger partial charge in [0.25, 0.3) is 0 Å². The van der Waals surface area contributed by atoms with Crippen LogP contribution in [0.5, 0.6) is 0 Å². The molecule has 0 radical (unpaired) electrons. The van der Waals surface area contributed by atoms with Crippen LogP contribution in [0.1, 0.15) is 0 Å². The van der Waals surface area contributed by atoms with Crippen LogP contribution < -0.4 is 0 Å². The van der Waals surface area contributed by atoms with Crippen molar-refractivity contribution in [2.24, 2.45) is 0 Å². The largest absolute Gasteiger partial charge is 0.436 e. The molecule has 0 N–H and O–H groups in total. The maximum atomic E-state index is 5.97. The zero-order chi connectivity index (χ0) is 28.3. The lowest BCUT2D eigenvalue weighted by Crippen LogP contribution is -1.93. The van der Waals surface area contributed by atoms with Gasteiger partial charge in [0.15, 0.2) is 5.58 Å². The molecule has 0 bridgehead atoms. The summed E-state index contributed by atoms with van der Waals surface area (Å²) < 4.78 is 5.97. The monoisotopic (exact) mass is 548 g/mol. The standard InChI is InChI=1S/C40H24N2O/c1-3-11-31-29(9-1)30-10-2-4-12-32(30)38-37(31)33-13-5-6-14-34(33)41-39(38)27-21-17-25(18-22-27)26-19-23-28(24-20-26)40-42-35-15-7-8-16-36(35)43-40/h1-24H. The number of rotatable bonds is 3. The number of pyridine rings is 1. The molecular formula is C40H24N2O. The first-order valence-electron chi connectivity index (χ1n) is 14.5. The van der Waals surface area contributed by atoms with Crippen molar-refractivity contribution >= 4 is 54.3 Å². The number of para-hydroxylation sites is 3. The number of hydrogen-bond acceptors (Lipinski definition) is 3. The highest BCUT2D eigenvalue weighted by molar-refractivity contribution is 6.33. The van der Waals surface area contributed by atoms with E-state index in [1.54, 1.807) is 0 Å². The lowest BCUT2D eigenvalue weighted by molar-refractivity contribution is 0.620. The molecule has 0 saturated carbocycles. The number of aromatic nitrogens is 2. The molecule has 0 unspecified atom stereocenters. The van der Waals surface area contributed by atoms with E-state index in [1.165, 1.54) is 37.7 Å². The quantitative estimate of drug-likeness (QED) is 0.206. The Bertz CT molecular complexity index is 2460. The molecule has 7 aromatic carbocycles. The van der Waals surface area contributed by atoms with Crippen molar-refractivity contribution in [1.82, 2.24) is 9.97 Å². The smallest absolute Gasteiger partial charge is 0.227 e. The highest BCUT2D eigenvalue weighted by atomic mass is 16.3. The number of fused-ring (bicyclic) bond motifs is 9. The summed E-state index contributed by atoms with van der Waals surface area (Å²) in [6.07, 6.45) is 0. The van der Waals surface area contributed by atoms with Gasteiger partial charge in [-0.05, 0) is 63.0 Å². The summed E-state index contributed by atoms with van der Waals surface area (Å²) in [4.78, 5) is 9.92. The van der Waals surface area contributed by atoms with E-state index in [2.05, 4.69) is 126 Å². The van der Waals surface area contributed by atoms with Crippen molar-refractivity contribution in [2.75, 3.05) is 0 Å². The van der Waals surface area contributed by atoms with Crippen LogP contribution in [-0.2, 0) is 0 Å². The third-order valence-corrected chi connectivity index (χ3v) is 8.49. The number of hydrogen-bond donors (Lipinski definition) is 0. The molecule has 0 saturated heterocycles. The van der Waals surface area contributed by atoms with Gasteiger partial charge in [0.1, 0.15) is 5.52 Å². The Morgan fingerprint density at radius 2 is 0.837 bits per heavy atom. The van der Waals surface area contributed by atoms with Gasteiger partial charge < -0.3 is 4.42 Å². The fourth-order valence-electron chi connectivity index (χ4n) is 6.46. The second kappa shape index (κ2) is 9.37.